The van der Waals surface area contributed by atoms with Gasteiger partial charge in [0.2, 0.25) is 0 Å². The fourth-order valence-electron chi connectivity index (χ4n) is 2.85. The molecule has 5 heteroatoms. The highest BCUT2D eigenvalue weighted by molar-refractivity contribution is 7.91. The van der Waals surface area contributed by atoms with Crippen molar-refractivity contribution in [3.63, 3.8) is 0 Å². The minimum atomic E-state index is -3.05. The van der Waals surface area contributed by atoms with Crippen molar-refractivity contribution in [1.29, 1.82) is 0 Å². The first-order valence-electron chi connectivity index (χ1n) is 7.25. The molecule has 22 heavy (non-hydrogen) atoms. The van der Waals surface area contributed by atoms with Crippen molar-refractivity contribution in [3.8, 4) is 0 Å². The van der Waals surface area contributed by atoms with E-state index in [1.807, 2.05) is 60.7 Å². The Bertz CT molecular complexity index is 679. The fraction of sp³-hybridized carbons (Fsp3) is 0.294. The predicted molar refractivity (Wildman–Crippen MR) is 89.9 cm³/mol. The molecule has 0 aromatic heterocycles. The Morgan fingerprint density at radius 1 is 0.909 bits per heavy atom. The highest BCUT2D eigenvalue weighted by atomic mass is 35.5. The van der Waals surface area contributed by atoms with E-state index < -0.39 is 9.84 Å². The molecule has 0 bridgehead atoms. The zero-order chi connectivity index (χ0) is 15.6. The minimum Gasteiger partial charge on any atom is -0.301 e. The molecule has 1 heterocycles. The fourth-order valence-corrected chi connectivity index (χ4v) is 5.42. The van der Waals surface area contributed by atoms with Crippen molar-refractivity contribution >= 4 is 21.4 Å². The first kappa shape index (κ1) is 15.5. The Balaban J connectivity index is 1.90. The summed E-state index contributed by atoms with van der Waals surface area (Å²) in [6, 6.07) is 19.7. The topological polar surface area (TPSA) is 46.2 Å². The van der Waals surface area contributed by atoms with E-state index in [1.54, 1.807) is 0 Å². The van der Waals surface area contributed by atoms with Crippen LogP contribution in [0, 0.1) is 0 Å². The number of sulfone groups is 1. The van der Waals surface area contributed by atoms with Gasteiger partial charge in [-0.3, -0.25) is 0 Å². The van der Waals surface area contributed by atoms with Crippen LogP contribution in [0.25, 0.3) is 0 Å². The van der Waals surface area contributed by atoms with E-state index in [0.717, 1.165) is 11.1 Å². The molecule has 0 spiro atoms. The lowest BCUT2D eigenvalue weighted by molar-refractivity contribution is 0.508. The van der Waals surface area contributed by atoms with Crippen LogP contribution in [0.15, 0.2) is 60.7 Å². The first-order valence-corrected chi connectivity index (χ1v) is 9.51. The quantitative estimate of drug-likeness (QED) is 0.874. The number of halogens is 1. The van der Waals surface area contributed by atoms with E-state index in [2.05, 4.69) is 5.32 Å². The van der Waals surface area contributed by atoms with Gasteiger partial charge in [0.15, 0.2) is 9.84 Å². The van der Waals surface area contributed by atoms with E-state index in [9.17, 15) is 8.42 Å². The van der Waals surface area contributed by atoms with Crippen LogP contribution in [-0.2, 0) is 9.84 Å². The van der Waals surface area contributed by atoms with Crippen LogP contribution in [-0.4, -0.2) is 31.3 Å². The Morgan fingerprint density at radius 3 is 1.82 bits per heavy atom. The molecule has 1 fully saturated rings. The van der Waals surface area contributed by atoms with Gasteiger partial charge in [-0.15, -0.1) is 11.6 Å². The molecule has 1 aliphatic heterocycles. The first-order chi connectivity index (χ1) is 10.6. The van der Waals surface area contributed by atoms with Crippen molar-refractivity contribution in [3.05, 3.63) is 71.8 Å². The van der Waals surface area contributed by atoms with Crippen LogP contribution < -0.4 is 5.32 Å². The molecular formula is C17H18ClNO2S. The summed E-state index contributed by atoms with van der Waals surface area (Å²) in [5, 5.41) is 3.05. The third kappa shape index (κ3) is 3.51. The Morgan fingerprint density at radius 2 is 1.41 bits per heavy atom. The van der Waals surface area contributed by atoms with Crippen LogP contribution in [0.4, 0.5) is 0 Å². The maximum atomic E-state index is 11.8. The lowest BCUT2D eigenvalue weighted by Crippen LogP contribution is -2.39. The number of hydrogen-bond acceptors (Lipinski definition) is 3. The van der Waals surface area contributed by atoms with Crippen molar-refractivity contribution in [2.45, 2.75) is 17.5 Å². The summed E-state index contributed by atoms with van der Waals surface area (Å²) >= 11 is 6.24. The zero-order valence-electron chi connectivity index (χ0n) is 12.0. The van der Waals surface area contributed by atoms with Crippen LogP contribution in [0.5, 0.6) is 0 Å². The van der Waals surface area contributed by atoms with Crippen molar-refractivity contribution < 1.29 is 8.42 Å². The summed E-state index contributed by atoms with van der Waals surface area (Å²) in [6.45, 7) is 0. The molecule has 2 aromatic carbocycles. The third-order valence-electron chi connectivity index (χ3n) is 3.93. The van der Waals surface area contributed by atoms with Crippen LogP contribution >= 0.6 is 11.6 Å². The van der Waals surface area contributed by atoms with E-state index in [1.165, 1.54) is 0 Å². The Hall–Kier alpha value is -1.36. The maximum absolute atomic E-state index is 11.8. The third-order valence-corrected chi connectivity index (χ3v) is 6.31. The number of hydrogen-bond donors (Lipinski definition) is 1. The van der Waals surface area contributed by atoms with Gasteiger partial charge in [0.25, 0.3) is 0 Å². The normalized spacial score (nSPS) is 23.7. The van der Waals surface area contributed by atoms with Gasteiger partial charge in [-0.1, -0.05) is 60.7 Å². The van der Waals surface area contributed by atoms with Gasteiger partial charge in [0.1, 0.15) is 0 Å². The summed E-state index contributed by atoms with van der Waals surface area (Å²) in [7, 11) is -3.05. The highest BCUT2D eigenvalue weighted by Crippen LogP contribution is 2.26. The van der Waals surface area contributed by atoms with Gasteiger partial charge in [-0.2, -0.15) is 0 Å². The number of benzene rings is 2. The van der Waals surface area contributed by atoms with Crippen molar-refractivity contribution in [1.82, 2.24) is 5.32 Å². The van der Waals surface area contributed by atoms with E-state index in [4.69, 9.17) is 11.6 Å². The Labute approximate surface area is 136 Å². The number of rotatable bonds is 4. The summed E-state index contributed by atoms with van der Waals surface area (Å²) in [5.41, 5.74) is 2.20. The molecule has 0 saturated carbocycles. The van der Waals surface area contributed by atoms with E-state index in [-0.39, 0.29) is 29.0 Å². The summed E-state index contributed by atoms with van der Waals surface area (Å²) in [5.74, 6) is 0.139. The molecule has 0 aliphatic carbocycles. The Kier molecular flexibility index (Phi) is 4.52. The van der Waals surface area contributed by atoms with Gasteiger partial charge in [0, 0.05) is 6.04 Å². The molecule has 1 aliphatic rings. The van der Waals surface area contributed by atoms with Gasteiger partial charge < -0.3 is 5.32 Å². The van der Waals surface area contributed by atoms with E-state index >= 15 is 0 Å². The molecular weight excluding hydrogens is 318 g/mol. The highest BCUT2D eigenvalue weighted by Gasteiger charge is 2.37. The monoisotopic (exact) mass is 335 g/mol. The van der Waals surface area contributed by atoms with Crippen LogP contribution in [0.2, 0.25) is 0 Å². The average molecular weight is 336 g/mol. The van der Waals surface area contributed by atoms with Gasteiger partial charge in [-0.05, 0) is 11.1 Å². The molecule has 0 radical (unpaired) electrons. The second kappa shape index (κ2) is 6.41. The summed E-state index contributed by atoms with van der Waals surface area (Å²) in [4.78, 5) is 0. The molecule has 2 aromatic rings. The molecule has 3 nitrogen and oxygen atoms in total. The molecule has 116 valence electrons. The van der Waals surface area contributed by atoms with E-state index in [0.29, 0.717) is 0 Å². The molecule has 1 saturated heterocycles. The van der Waals surface area contributed by atoms with Crippen LogP contribution in [0.1, 0.15) is 17.2 Å². The maximum Gasteiger partial charge on any atom is 0.153 e. The lowest BCUT2D eigenvalue weighted by atomic mass is 9.97. The minimum absolute atomic E-state index is 0.0442. The predicted octanol–water partition coefficient (Wildman–Crippen LogP) is 2.77. The van der Waals surface area contributed by atoms with Crippen LogP contribution in [0.3, 0.4) is 0 Å². The molecule has 3 rings (SSSR count). The molecule has 2 atom stereocenters. The summed E-state index contributed by atoms with van der Waals surface area (Å²) < 4.78 is 23.6. The number of nitrogens with one attached hydrogen (secondary N) is 1. The van der Waals surface area contributed by atoms with Crippen molar-refractivity contribution in [2.24, 2.45) is 0 Å². The largest absolute Gasteiger partial charge is 0.301 e. The van der Waals surface area contributed by atoms with Gasteiger partial charge in [0.05, 0.1) is 22.9 Å². The molecule has 0 unspecified atom stereocenters. The lowest BCUT2D eigenvalue weighted by Gasteiger charge is -2.25. The second-order valence-corrected chi connectivity index (χ2v) is 8.33. The molecule has 0 amide bonds. The second-order valence-electron chi connectivity index (χ2n) is 5.62. The van der Waals surface area contributed by atoms with Gasteiger partial charge in [-0.25, -0.2) is 8.42 Å². The van der Waals surface area contributed by atoms with Gasteiger partial charge >= 0.3 is 0 Å². The zero-order valence-corrected chi connectivity index (χ0v) is 13.6. The summed E-state index contributed by atoms with van der Waals surface area (Å²) in [6.07, 6.45) is 0. The average Bonchev–Trinajstić information content (AvgIpc) is 2.78. The smallest absolute Gasteiger partial charge is 0.153 e. The standard InChI is InChI=1S/C17H18ClNO2S/c18-15-11-22(20,21)12-16(15)19-17(13-7-3-1-4-8-13)14-9-5-2-6-10-14/h1-10,15-17,19H,11-12H2/t15-,16+/m1/s1. The SMILES string of the molecule is O=S1(=O)C[C@@H](Cl)[C@@H](NC(c2ccccc2)c2ccccc2)C1. The van der Waals surface area contributed by atoms with Crippen molar-refractivity contribution in [2.75, 3.05) is 11.5 Å². The number of alkyl halides is 1. The molecule has 1 N–H and O–H groups in total.